The Morgan fingerprint density at radius 1 is 1.21 bits per heavy atom. The van der Waals surface area contributed by atoms with Gasteiger partial charge in [-0.1, -0.05) is 17.7 Å². The summed E-state index contributed by atoms with van der Waals surface area (Å²) in [5, 5.41) is 11.0. The number of imide groups is 1. The van der Waals surface area contributed by atoms with E-state index < -0.39 is 46.1 Å². The van der Waals surface area contributed by atoms with Gasteiger partial charge in [-0.05, 0) is 38.1 Å². The summed E-state index contributed by atoms with van der Waals surface area (Å²) < 4.78 is 38.1. The average molecular weight is 490 g/mol. The second kappa shape index (κ2) is 7.55. The molecule has 0 aliphatic carbocycles. The normalized spacial score (nSPS) is 25.9. The molecule has 3 atom stereocenters. The maximum absolute atomic E-state index is 13.6. The lowest BCUT2D eigenvalue weighted by Gasteiger charge is -2.46. The SMILES string of the molecule is CCOC(=O)N1C(=O)N(OS(=O)(=O)c2ccc(C)cc2)[C@]23CC(O)CN2C(=O)c2cccn2[C@H]13. The fourth-order valence-electron chi connectivity index (χ4n) is 4.85. The first-order chi connectivity index (χ1) is 16.1. The lowest BCUT2D eigenvalue weighted by Crippen LogP contribution is -2.63. The third-order valence-corrected chi connectivity index (χ3v) is 7.43. The highest BCUT2D eigenvalue weighted by atomic mass is 32.2. The van der Waals surface area contributed by atoms with E-state index >= 15 is 0 Å². The van der Waals surface area contributed by atoms with Gasteiger partial charge >= 0.3 is 22.2 Å². The first-order valence-electron chi connectivity index (χ1n) is 10.6. The van der Waals surface area contributed by atoms with Gasteiger partial charge in [0, 0.05) is 19.2 Å². The van der Waals surface area contributed by atoms with E-state index in [1.807, 2.05) is 0 Å². The number of rotatable bonds is 4. The minimum absolute atomic E-state index is 0.0470. The van der Waals surface area contributed by atoms with Gasteiger partial charge in [0.25, 0.3) is 5.91 Å². The van der Waals surface area contributed by atoms with Crippen molar-refractivity contribution in [3.63, 3.8) is 0 Å². The van der Waals surface area contributed by atoms with Gasteiger partial charge in [-0.15, -0.1) is 4.28 Å². The molecule has 180 valence electrons. The lowest BCUT2D eigenvalue weighted by molar-refractivity contribution is -0.144. The van der Waals surface area contributed by atoms with E-state index in [9.17, 15) is 27.9 Å². The number of carbonyl (C=O) groups excluding carboxylic acids is 3. The van der Waals surface area contributed by atoms with E-state index in [1.165, 1.54) is 33.9 Å². The molecule has 4 amide bonds. The Morgan fingerprint density at radius 2 is 1.91 bits per heavy atom. The summed E-state index contributed by atoms with van der Waals surface area (Å²) in [5.74, 6) is -0.544. The molecule has 3 aliphatic rings. The fourth-order valence-corrected chi connectivity index (χ4v) is 5.80. The summed E-state index contributed by atoms with van der Waals surface area (Å²) in [7, 11) is -4.55. The van der Waals surface area contributed by atoms with E-state index in [-0.39, 0.29) is 30.2 Å². The Morgan fingerprint density at radius 3 is 2.59 bits per heavy atom. The van der Waals surface area contributed by atoms with Crippen LogP contribution in [0.15, 0.2) is 47.5 Å². The smallest absolute Gasteiger partial charge is 0.419 e. The Labute approximate surface area is 194 Å². The zero-order valence-electron chi connectivity index (χ0n) is 18.3. The van der Waals surface area contributed by atoms with Crippen LogP contribution in [0.3, 0.4) is 0 Å². The van der Waals surface area contributed by atoms with Crippen LogP contribution in [0.2, 0.25) is 0 Å². The topological polar surface area (TPSA) is 139 Å². The van der Waals surface area contributed by atoms with Crippen molar-refractivity contribution < 1.29 is 36.9 Å². The van der Waals surface area contributed by atoms with Crippen molar-refractivity contribution in [2.45, 2.75) is 43.1 Å². The third-order valence-electron chi connectivity index (χ3n) is 6.24. The summed E-state index contributed by atoms with van der Waals surface area (Å²) in [5.41, 5.74) is -0.837. The molecule has 13 heteroatoms. The molecule has 0 saturated carbocycles. The van der Waals surface area contributed by atoms with Crippen LogP contribution in [0.4, 0.5) is 9.59 Å². The largest absolute Gasteiger partial charge is 0.449 e. The van der Waals surface area contributed by atoms with Gasteiger partial charge < -0.3 is 19.3 Å². The molecule has 2 fully saturated rings. The molecule has 4 heterocycles. The van der Waals surface area contributed by atoms with Gasteiger partial charge in [-0.3, -0.25) is 4.79 Å². The summed E-state index contributed by atoms with van der Waals surface area (Å²) >= 11 is 0. The van der Waals surface area contributed by atoms with E-state index in [2.05, 4.69) is 0 Å². The van der Waals surface area contributed by atoms with Crippen LogP contribution in [0, 0.1) is 6.92 Å². The maximum atomic E-state index is 13.6. The van der Waals surface area contributed by atoms with Crippen molar-refractivity contribution in [2.75, 3.05) is 13.2 Å². The summed E-state index contributed by atoms with van der Waals surface area (Å²) in [6.07, 6.45) is -2.11. The van der Waals surface area contributed by atoms with Gasteiger partial charge in [0.15, 0.2) is 11.8 Å². The van der Waals surface area contributed by atoms with E-state index in [1.54, 1.807) is 32.0 Å². The minimum Gasteiger partial charge on any atom is -0.449 e. The second-order valence-electron chi connectivity index (χ2n) is 8.31. The first kappa shape index (κ1) is 22.4. The number of ether oxygens (including phenoxy) is 1. The monoisotopic (exact) mass is 490 g/mol. The number of aliphatic hydroxyl groups is 1. The molecular weight excluding hydrogens is 468 g/mol. The number of amides is 4. The van der Waals surface area contributed by atoms with Gasteiger partial charge in [0.05, 0.1) is 17.6 Å². The van der Waals surface area contributed by atoms with Gasteiger partial charge in [0.1, 0.15) is 5.69 Å². The highest BCUT2D eigenvalue weighted by molar-refractivity contribution is 7.86. The van der Waals surface area contributed by atoms with E-state index in [0.29, 0.717) is 5.06 Å². The Balaban J connectivity index is 1.68. The van der Waals surface area contributed by atoms with E-state index in [4.69, 9.17) is 9.02 Å². The third kappa shape index (κ3) is 2.97. The van der Waals surface area contributed by atoms with E-state index in [0.717, 1.165) is 10.5 Å². The molecule has 12 nitrogen and oxygen atoms in total. The zero-order chi connectivity index (χ0) is 24.4. The predicted molar refractivity (Wildman–Crippen MR) is 113 cm³/mol. The number of carbonyl (C=O) groups is 3. The molecular formula is C21H22N4O8S. The van der Waals surface area contributed by atoms with Crippen molar-refractivity contribution >= 4 is 28.1 Å². The fraction of sp³-hybridized carbons (Fsp3) is 0.381. The molecule has 5 rings (SSSR count). The maximum Gasteiger partial charge on any atom is 0.419 e. The molecule has 2 saturated heterocycles. The molecule has 2 aromatic rings. The van der Waals surface area contributed by atoms with Crippen molar-refractivity contribution in [3.8, 4) is 0 Å². The van der Waals surface area contributed by atoms with Crippen LogP contribution in [0.25, 0.3) is 0 Å². The number of aryl methyl sites for hydroxylation is 1. The molecule has 1 unspecified atom stereocenters. The van der Waals surface area contributed by atoms with Crippen LogP contribution < -0.4 is 0 Å². The van der Waals surface area contributed by atoms with Crippen molar-refractivity contribution in [1.29, 1.82) is 0 Å². The lowest BCUT2D eigenvalue weighted by atomic mass is 10.00. The van der Waals surface area contributed by atoms with Crippen LogP contribution in [-0.4, -0.2) is 75.9 Å². The predicted octanol–water partition coefficient (Wildman–Crippen LogP) is 1.43. The first-order valence-corrected chi connectivity index (χ1v) is 12.0. The van der Waals surface area contributed by atoms with Crippen LogP contribution in [-0.2, 0) is 19.1 Å². The number of aromatic nitrogens is 1. The number of hydrogen-bond donors (Lipinski definition) is 1. The minimum atomic E-state index is -4.55. The summed E-state index contributed by atoms with van der Waals surface area (Å²) in [6, 6.07) is 7.72. The highest BCUT2D eigenvalue weighted by Crippen LogP contribution is 2.53. The van der Waals surface area contributed by atoms with Gasteiger partial charge in [-0.2, -0.15) is 13.5 Å². The highest BCUT2D eigenvalue weighted by Gasteiger charge is 2.72. The van der Waals surface area contributed by atoms with Crippen LogP contribution in [0.1, 0.15) is 35.6 Å². The summed E-state index contributed by atoms with van der Waals surface area (Å²) in [4.78, 5) is 41.4. The molecule has 1 aromatic heterocycles. The zero-order valence-corrected chi connectivity index (χ0v) is 19.1. The number of benzene rings is 1. The van der Waals surface area contributed by atoms with Crippen LogP contribution in [0.5, 0.6) is 0 Å². The number of hydroxylamine groups is 2. The average Bonchev–Trinajstić information content (AvgIpc) is 3.45. The molecule has 1 N–H and O–H groups in total. The van der Waals surface area contributed by atoms with Gasteiger partial charge in [-0.25, -0.2) is 14.5 Å². The number of fused-ring (bicyclic) bond motifs is 2. The second-order valence-corrected chi connectivity index (χ2v) is 9.84. The number of urea groups is 1. The molecule has 0 bridgehead atoms. The summed E-state index contributed by atoms with van der Waals surface area (Å²) in [6.45, 7) is 3.10. The van der Waals surface area contributed by atoms with Crippen molar-refractivity contribution in [2.24, 2.45) is 0 Å². The Hall–Kier alpha value is -3.42. The molecule has 0 radical (unpaired) electrons. The van der Waals surface area contributed by atoms with Gasteiger partial charge in [0.2, 0.25) is 0 Å². The number of aliphatic hydroxyl groups excluding tert-OH is 1. The molecule has 1 aromatic carbocycles. The Kier molecular flexibility index (Phi) is 4.97. The standard InChI is InChI=1S/C21H22N4O8S/c1-3-32-20(29)24-18-21(11-14(26)12-23(21)17(27)16-5-4-10-22(16)18)25(19(24)28)33-34(30,31)15-8-6-13(2)7-9-15/h4-10,14,18,26H,3,11-12H2,1-2H3/t14?,18-,21+/m1/s1. The van der Waals surface area contributed by atoms with Crippen molar-refractivity contribution in [1.82, 2.24) is 19.4 Å². The number of hydrogen-bond acceptors (Lipinski definition) is 8. The van der Waals surface area contributed by atoms with Crippen molar-refractivity contribution in [3.05, 3.63) is 53.9 Å². The molecule has 1 spiro atoms. The Bertz CT molecular complexity index is 1290. The molecule has 3 aliphatic heterocycles. The quantitative estimate of drug-likeness (QED) is 0.679. The van der Waals surface area contributed by atoms with Crippen LogP contribution >= 0.6 is 0 Å². The number of nitrogens with zero attached hydrogens (tertiary/aromatic N) is 4. The molecule has 34 heavy (non-hydrogen) atoms.